The number of halogens is 1. The molecule has 2 N–H and O–H groups in total. The first-order valence-corrected chi connectivity index (χ1v) is 6.56. The highest BCUT2D eigenvalue weighted by molar-refractivity contribution is 6.32. The number of H-pyrrole nitrogens is 1. The van der Waals surface area contributed by atoms with Gasteiger partial charge in [0.2, 0.25) is 0 Å². The number of hydrogen-bond acceptors (Lipinski definition) is 2. The molecule has 18 heavy (non-hydrogen) atoms. The van der Waals surface area contributed by atoms with Crippen LogP contribution in [0.3, 0.4) is 0 Å². The summed E-state index contributed by atoms with van der Waals surface area (Å²) in [6.07, 6.45) is 3.03. The highest BCUT2D eigenvalue weighted by Crippen LogP contribution is 2.31. The second kappa shape index (κ2) is 5.63. The van der Waals surface area contributed by atoms with Gasteiger partial charge in [-0.25, -0.2) is 0 Å². The minimum atomic E-state index is 0.513. The lowest BCUT2D eigenvalue weighted by Crippen LogP contribution is -2.24. The SMILES string of the molecule is COc1cc2c(CCNC(C)C)c[nH]c2cc1Cl. The molecule has 98 valence electrons. The number of rotatable bonds is 5. The molecule has 0 unspecified atom stereocenters. The number of ether oxygens (including phenoxy) is 1. The molecule has 1 heterocycles. The molecular weight excluding hydrogens is 248 g/mol. The molecule has 0 saturated carbocycles. The molecule has 0 radical (unpaired) electrons. The third-order valence-corrected chi connectivity index (χ3v) is 3.28. The number of aromatic nitrogens is 1. The molecule has 2 rings (SSSR count). The van der Waals surface area contributed by atoms with Crippen LogP contribution in [0.25, 0.3) is 10.9 Å². The number of aromatic amines is 1. The van der Waals surface area contributed by atoms with Crippen molar-refractivity contribution >= 4 is 22.5 Å². The normalized spacial score (nSPS) is 11.4. The molecule has 0 spiro atoms. The summed E-state index contributed by atoms with van der Waals surface area (Å²) in [4.78, 5) is 3.25. The highest BCUT2D eigenvalue weighted by atomic mass is 35.5. The molecule has 4 heteroatoms. The maximum Gasteiger partial charge on any atom is 0.138 e. The molecule has 0 amide bonds. The van der Waals surface area contributed by atoms with E-state index in [1.54, 1.807) is 7.11 Å². The molecule has 0 aliphatic heterocycles. The monoisotopic (exact) mass is 266 g/mol. The number of benzene rings is 1. The smallest absolute Gasteiger partial charge is 0.138 e. The van der Waals surface area contributed by atoms with Crippen LogP contribution in [0.15, 0.2) is 18.3 Å². The zero-order valence-corrected chi connectivity index (χ0v) is 11.8. The lowest BCUT2D eigenvalue weighted by atomic mass is 10.1. The van der Waals surface area contributed by atoms with Crippen molar-refractivity contribution in [3.05, 3.63) is 28.9 Å². The average molecular weight is 267 g/mol. The Morgan fingerprint density at radius 3 is 2.83 bits per heavy atom. The zero-order chi connectivity index (χ0) is 13.1. The van der Waals surface area contributed by atoms with E-state index in [1.807, 2.05) is 18.3 Å². The van der Waals surface area contributed by atoms with E-state index in [1.165, 1.54) is 10.9 Å². The van der Waals surface area contributed by atoms with Crippen LogP contribution >= 0.6 is 11.6 Å². The summed E-state index contributed by atoms with van der Waals surface area (Å²) in [5.41, 5.74) is 2.34. The topological polar surface area (TPSA) is 37.0 Å². The molecule has 1 aromatic heterocycles. The van der Waals surface area contributed by atoms with Gasteiger partial charge in [-0.15, -0.1) is 0 Å². The Morgan fingerprint density at radius 2 is 2.17 bits per heavy atom. The maximum absolute atomic E-state index is 6.10. The number of hydrogen-bond donors (Lipinski definition) is 2. The first-order chi connectivity index (χ1) is 8.61. The van der Waals surface area contributed by atoms with Crippen molar-refractivity contribution in [2.24, 2.45) is 0 Å². The van der Waals surface area contributed by atoms with Crippen molar-refractivity contribution in [3.8, 4) is 5.75 Å². The second-order valence-electron chi connectivity index (χ2n) is 4.71. The Balaban J connectivity index is 2.23. The van der Waals surface area contributed by atoms with Crippen molar-refractivity contribution in [2.45, 2.75) is 26.3 Å². The highest BCUT2D eigenvalue weighted by Gasteiger charge is 2.08. The third-order valence-electron chi connectivity index (χ3n) is 2.99. The summed E-state index contributed by atoms with van der Waals surface area (Å²) >= 11 is 6.10. The van der Waals surface area contributed by atoms with Crippen LogP contribution in [-0.2, 0) is 6.42 Å². The van der Waals surface area contributed by atoms with Gasteiger partial charge >= 0.3 is 0 Å². The second-order valence-corrected chi connectivity index (χ2v) is 5.11. The Morgan fingerprint density at radius 1 is 1.39 bits per heavy atom. The van der Waals surface area contributed by atoms with E-state index < -0.39 is 0 Å². The Kier molecular flexibility index (Phi) is 4.15. The van der Waals surface area contributed by atoms with Gasteiger partial charge < -0.3 is 15.0 Å². The predicted octanol–water partition coefficient (Wildman–Crippen LogP) is 3.37. The standard InChI is InChI=1S/C14H19ClN2O/c1-9(2)16-5-4-10-8-17-13-7-12(15)14(18-3)6-11(10)13/h6-9,16-17H,4-5H2,1-3H3. The van der Waals surface area contributed by atoms with Gasteiger partial charge in [0.1, 0.15) is 5.75 Å². The minimum Gasteiger partial charge on any atom is -0.495 e. The Hall–Kier alpha value is -1.19. The van der Waals surface area contributed by atoms with Gasteiger partial charge in [-0.2, -0.15) is 0 Å². The summed E-state index contributed by atoms with van der Waals surface area (Å²) in [5.74, 6) is 0.724. The van der Waals surface area contributed by atoms with Crippen LogP contribution in [0.1, 0.15) is 19.4 Å². The van der Waals surface area contributed by atoms with E-state index >= 15 is 0 Å². The largest absolute Gasteiger partial charge is 0.495 e. The van der Waals surface area contributed by atoms with Crippen LogP contribution in [0, 0.1) is 0 Å². The zero-order valence-electron chi connectivity index (χ0n) is 11.0. The predicted molar refractivity (Wildman–Crippen MR) is 76.7 cm³/mol. The number of fused-ring (bicyclic) bond motifs is 1. The van der Waals surface area contributed by atoms with Gasteiger partial charge in [-0.05, 0) is 30.7 Å². The van der Waals surface area contributed by atoms with Gasteiger partial charge in [0.05, 0.1) is 12.1 Å². The Labute approximate surface area is 112 Å². The molecule has 0 atom stereocenters. The summed E-state index contributed by atoms with van der Waals surface area (Å²) in [6, 6.07) is 4.42. The van der Waals surface area contributed by atoms with Crippen molar-refractivity contribution in [1.29, 1.82) is 0 Å². The minimum absolute atomic E-state index is 0.513. The van der Waals surface area contributed by atoms with Crippen molar-refractivity contribution < 1.29 is 4.74 Å². The fourth-order valence-corrected chi connectivity index (χ4v) is 2.28. The first kappa shape index (κ1) is 13.2. The molecule has 0 bridgehead atoms. The van der Waals surface area contributed by atoms with E-state index in [0.717, 1.165) is 24.2 Å². The number of nitrogens with one attached hydrogen (secondary N) is 2. The summed E-state index contributed by atoms with van der Waals surface area (Å²) in [5, 5.41) is 5.24. The van der Waals surface area contributed by atoms with Crippen molar-refractivity contribution in [2.75, 3.05) is 13.7 Å². The van der Waals surface area contributed by atoms with Crippen LogP contribution < -0.4 is 10.1 Å². The third kappa shape index (κ3) is 2.79. The number of methoxy groups -OCH3 is 1. The summed E-state index contributed by atoms with van der Waals surface area (Å²) < 4.78 is 5.26. The van der Waals surface area contributed by atoms with E-state index in [0.29, 0.717) is 11.1 Å². The first-order valence-electron chi connectivity index (χ1n) is 6.18. The Bertz CT molecular complexity index is 534. The molecule has 0 saturated heterocycles. The van der Waals surface area contributed by atoms with E-state index in [9.17, 15) is 0 Å². The van der Waals surface area contributed by atoms with Crippen LogP contribution in [0.2, 0.25) is 5.02 Å². The van der Waals surface area contributed by atoms with E-state index in [2.05, 4.69) is 24.1 Å². The molecule has 0 fully saturated rings. The van der Waals surface area contributed by atoms with Crippen molar-refractivity contribution in [3.63, 3.8) is 0 Å². The maximum atomic E-state index is 6.10. The van der Waals surface area contributed by atoms with Crippen LogP contribution in [-0.4, -0.2) is 24.7 Å². The summed E-state index contributed by atoms with van der Waals surface area (Å²) in [7, 11) is 1.64. The van der Waals surface area contributed by atoms with Gasteiger partial charge in [0.25, 0.3) is 0 Å². The van der Waals surface area contributed by atoms with Gasteiger partial charge in [0, 0.05) is 23.1 Å². The van der Waals surface area contributed by atoms with Crippen molar-refractivity contribution in [1.82, 2.24) is 10.3 Å². The fourth-order valence-electron chi connectivity index (χ4n) is 2.04. The average Bonchev–Trinajstić information content (AvgIpc) is 2.70. The molecule has 0 aliphatic carbocycles. The molecule has 2 aromatic rings. The molecule has 3 nitrogen and oxygen atoms in total. The fraction of sp³-hybridized carbons (Fsp3) is 0.429. The van der Waals surface area contributed by atoms with Gasteiger partial charge in [0.15, 0.2) is 0 Å². The molecule has 0 aliphatic rings. The van der Waals surface area contributed by atoms with Gasteiger partial charge in [-0.3, -0.25) is 0 Å². The van der Waals surface area contributed by atoms with Gasteiger partial charge in [-0.1, -0.05) is 25.4 Å². The lowest BCUT2D eigenvalue weighted by Gasteiger charge is -2.07. The quantitative estimate of drug-likeness (QED) is 0.871. The molecule has 1 aromatic carbocycles. The summed E-state index contributed by atoms with van der Waals surface area (Å²) in [6.45, 7) is 5.27. The van der Waals surface area contributed by atoms with E-state index in [-0.39, 0.29) is 0 Å². The lowest BCUT2D eigenvalue weighted by molar-refractivity contribution is 0.415. The van der Waals surface area contributed by atoms with E-state index in [4.69, 9.17) is 16.3 Å². The van der Waals surface area contributed by atoms with Crippen LogP contribution in [0.5, 0.6) is 5.75 Å². The van der Waals surface area contributed by atoms with Crippen LogP contribution in [0.4, 0.5) is 0 Å². The molecular formula is C14H19ClN2O.